The van der Waals surface area contributed by atoms with Crippen molar-refractivity contribution < 1.29 is 9.90 Å². The molecule has 2 rings (SSSR count). The van der Waals surface area contributed by atoms with Crippen molar-refractivity contribution in [3.8, 4) is 11.3 Å². The van der Waals surface area contributed by atoms with Crippen molar-refractivity contribution >= 4 is 17.7 Å². The Kier molecular flexibility index (Phi) is 4.35. The van der Waals surface area contributed by atoms with Gasteiger partial charge in [-0.1, -0.05) is 42.1 Å². The number of hydrogen-bond donors (Lipinski definition) is 2. The van der Waals surface area contributed by atoms with Crippen LogP contribution in [0.5, 0.6) is 0 Å². The molecule has 0 atom stereocenters. The summed E-state index contributed by atoms with van der Waals surface area (Å²) in [7, 11) is 0. The third-order valence-corrected chi connectivity index (χ3v) is 3.22. The van der Waals surface area contributed by atoms with Gasteiger partial charge in [0.05, 0.1) is 12.1 Å². The van der Waals surface area contributed by atoms with Gasteiger partial charge in [-0.2, -0.15) is 0 Å². The highest BCUT2D eigenvalue weighted by Gasteiger charge is 2.05. The van der Waals surface area contributed by atoms with E-state index in [2.05, 4.69) is 9.97 Å². The lowest BCUT2D eigenvalue weighted by atomic mass is 10.1. The Bertz CT molecular complexity index is 625. The maximum Gasteiger partial charge on any atom is 0.304 e. The Morgan fingerprint density at radius 1 is 1.32 bits per heavy atom. The minimum Gasteiger partial charge on any atom is -0.481 e. The molecule has 0 fully saturated rings. The first-order chi connectivity index (χ1) is 9.15. The topological polar surface area (TPSA) is 83.0 Å². The van der Waals surface area contributed by atoms with E-state index in [9.17, 15) is 9.59 Å². The van der Waals surface area contributed by atoms with Crippen LogP contribution in [0, 0.1) is 0 Å². The van der Waals surface area contributed by atoms with Gasteiger partial charge in [0, 0.05) is 17.4 Å². The van der Waals surface area contributed by atoms with Crippen molar-refractivity contribution in [1.29, 1.82) is 0 Å². The van der Waals surface area contributed by atoms with Gasteiger partial charge in [-0.05, 0) is 0 Å². The third kappa shape index (κ3) is 3.96. The molecule has 2 N–H and O–H groups in total. The summed E-state index contributed by atoms with van der Waals surface area (Å²) in [6, 6.07) is 10.8. The maximum absolute atomic E-state index is 11.6. The molecule has 0 saturated heterocycles. The van der Waals surface area contributed by atoms with E-state index < -0.39 is 5.97 Å². The Morgan fingerprint density at radius 2 is 2.05 bits per heavy atom. The minimum atomic E-state index is -0.867. The lowest BCUT2D eigenvalue weighted by Gasteiger charge is -2.03. The number of aliphatic carboxylic acids is 1. The summed E-state index contributed by atoms with van der Waals surface area (Å²) in [5, 5.41) is 9.01. The van der Waals surface area contributed by atoms with Gasteiger partial charge in [-0.25, -0.2) is 4.98 Å². The molecule has 0 spiro atoms. The molecular weight excluding hydrogens is 264 g/mol. The fraction of sp³-hybridized carbons (Fsp3) is 0.154. The lowest BCUT2D eigenvalue weighted by Crippen LogP contribution is -2.08. The lowest BCUT2D eigenvalue weighted by molar-refractivity contribution is -0.136. The highest BCUT2D eigenvalue weighted by Crippen LogP contribution is 2.18. The Morgan fingerprint density at radius 3 is 2.74 bits per heavy atom. The standard InChI is InChI=1S/C13H12N2O3S/c16-11-8-10(9-4-2-1-3-5-9)14-13(15-11)19-7-6-12(17)18/h1-5,8H,6-7H2,(H,17,18)(H,14,15,16). The van der Waals surface area contributed by atoms with Gasteiger partial charge in [-0.15, -0.1) is 0 Å². The first-order valence-electron chi connectivity index (χ1n) is 5.66. The molecule has 0 amide bonds. The Hall–Kier alpha value is -2.08. The second-order valence-corrected chi connectivity index (χ2v) is 4.88. The summed E-state index contributed by atoms with van der Waals surface area (Å²) in [6.07, 6.45) is 0.0317. The molecule has 5 nitrogen and oxygen atoms in total. The van der Waals surface area contributed by atoms with Crippen LogP contribution in [0.2, 0.25) is 0 Å². The van der Waals surface area contributed by atoms with E-state index in [1.807, 2.05) is 30.3 Å². The van der Waals surface area contributed by atoms with E-state index >= 15 is 0 Å². The van der Waals surface area contributed by atoms with Crippen molar-refractivity contribution in [2.75, 3.05) is 5.75 Å². The van der Waals surface area contributed by atoms with Gasteiger partial charge < -0.3 is 10.1 Å². The number of rotatable bonds is 5. The molecule has 0 aliphatic carbocycles. The van der Waals surface area contributed by atoms with E-state index in [4.69, 9.17) is 5.11 Å². The Balaban J connectivity index is 2.20. The molecule has 1 aromatic carbocycles. The number of H-pyrrole nitrogens is 1. The number of thioether (sulfide) groups is 1. The molecule has 1 aromatic heterocycles. The summed E-state index contributed by atoms with van der Waals surface area (Å²) in [6.45, 7) is 0. The van der Waals surface area contributed by atoms with Crippen LogP contribution >= 0.6 is 11.8 Å². The van der Waals surface area contributed by atoms with E-state index in [1.165, 1.54) is 17.8 Å². The van der Waals surface area contributed by atoms with Gasteiger partial charge in [0.15, 0.2) is 5.16 Å². The fourth-order valence-corrected chi connectivity index (χ4v) is 2.30. The number of aromatic amines is 1. The molecule has 2 aromatic rings. The van der Waals surface area contributed by atoms with Crippen LogP contribution in [0.25, 0.3) is 11.3 Å². The first-order valence-corrected chi connectivity index (χ1v) is 6.65. The van der Waals surface area contributed by atoms with Crippen LogP contribution in [0.15, 0.2) is 46.3 Å². The molecule has 6 heteroatoms. The minimum absolute atomic E-state index is 0.0317. The van der Waals surface area contributed by atoms with Gasteiger partial charge in [-0.3, -0.25) is 9.59 Å². The number of nitrogens with zero attached hydrogens (tertiary/aromatic N) is 1. The van der Waals surface area contributed by atoms with Gasteiger partial charge in [0.25, 0.3) is 5.56 Å². The Labute approximate surface area is 113 Å². The molecular formula is C13H12N2O3S. The third-order valence-electron chi connectivity index (χ3n) is 2.34. The van der Waals surface area contributed by atoms with Gasteiger partial charge >= 0.3 is 5.97 Å². The largest absolute Gasteiger partial charge is 0.481 e. The van der Waals surface area contributed by atoms with Crippen LogP contribution in [-0.4, -0.2) is 26.8 Å². The monoisotopic (exact) mass is 276 g/mol. The number of nitrogens with one attached hydrogen (secondary N) is 1. The van der Waals surface area contributed by atoms with Gasteiger partial charge in [0.2, 0.25) is 0 Å². The zero-order chi connectivity index (χ0) is 13.7. The summed E-state index contributed by atoms with van der Waals surface area (Å²) in [5.74, 6) is -0.495. The zero-order valence-corrected chi connectivity index (χ0v) is 10.8. The molecule has 0 bridgehead atoms. The maximum atomic E-state index is 11.6. The van der Waals surface area contributed by atoms with Crippen molar-refractivity contribution in [3.63, 3.8) is 0 Å². The smallest absolute Gasteiger partial charge is 0.304 e. The van der Waals surface area contributed by atoms with Crippen LogP contribution in [0.1, 0.15) is 6.42 Å². The number of carboxylic acids is 1. The molecule has 0 radical (unpaired) electrons. The van der Waals surface area contributed by atoms with Crippen molar-refractivity contribution in [2.45, 2.75) is 11.6 Å². The summed E-state index contributed by atoms with van der Waals surface area (Å²) < 4.78 is 0. The average Bonchev–Trinajstić information content (AvgIpc) is 2.39. The summed E-state index contributed by atoms with van der Waals surface area (Å²) in [5.41, 5.74) is 1.20. The van der Waals surface area contributed by atoms with Crippen LogP contribution in [-0.2, 0) is 4.79 Å². The first kappa shape index (κ1) is 13.4. The molecule has 0 saturated carbocycles. The van der Waals surface area contributed by atoms with E-state index in [0.29, 0.717) is 16.6 Å². The highest BCUT2D eigenvalue weighted by molar-refractivity contribution is 7.99. The second kappa shape index (κ2) is 6.19. The normalized spacial score (nSPS) is 10.3. The molecule has 0 aliphatic heterocycles. The number of carbonyl (C=O) groups is 1. The summed E-state index contributed by atoms with van der Waals surface area (Å²) in [4.78, 5) is 28.9. The van der Waals surface area contributed by atoms with Crippen molar-refractivity contribution in [3.05, 3.63) is 46.8 Å². The van der Waals surface area contributed by atoms with Gasteiger partial charge in [0.1, 0.15) is 0 Å². The number of carboxylic acid groups (broad SMARTS) is 1. The second-order valence-electron chi connectivity index (χ2n) is 3.79. The highest BCUT2D eigenvalue weighted by atomic mass is 32.2. The molecule has 0 aliphatic rings. The van der Waals surface area contributed by atoms with Crippen LogP contribution in [0.3, 0.4) is 0 Å². The number of benzene rings is 1. The molecule has 0 unspecified atom stereocenters. The van der Waals surface area contributed by atoms with Crippen LogP contribution in [0.4, 0.5) is 0 Å². The van der Waals surface area contributed by atoms with E-state index in [0.717, 1.165) is 5.56 Å². The predicted octanol–water partition coefficient (Wildman–Crippen LogP) is 2.00. The van der Waals surface area contributed by atoms with Crippen molar-refractivity contribution in [2.24, 2.45) is 0 Å². The summed E-state index contributed by atoms with van der Waals surface area (Å²) >= 11 is 1.22. The van der Waals surface area contributed by atoms with Crippen LogP contribution < -0.4 is 5.56 Å². The molecule has 1 heterocycles. The fourth-order valence-electron chi connectivity index (χ4n) is 1.50. The predicted molar refractivity (Wildman–Crippen MR) is 73.3 cm³/mol. The van der Waals surface area contributed by atoms with Crippen molar-refractivity contribution in [1.82, 2.24) is 9.97 Å². The quantitative estimate of drug-likeness (QED) is 0.644. The molecule has 19 heavy (non-hydrogen) atoms. The number of hydrogen-bond acceptors (Lipinski definition) is 4. The zero-order valence-electron chi connectivity index (χ0n) is 10.00. The average molecular weight is 276 g/mol. The van der Waals surface area contributed by atoms with E-state index in [1.54, 1.807) is 0 Å². The number of aromatic nitrogens is 2. The SMILES string of the molecule is O=C(O)CCSc1nc(-c2ccccc2)cc(=O)[nH]1. The van der Waals surface area contributed by atoms with E-state index in [-0.39, 0.29) is 12.0 Å². The molecule has 98 valence electrons.